The van der Waals surface area contributed by atoms with E-state index in [2.05, 4.69) is 121 Å². The molecule has 476 valence electrons. The number of nitrogens with zero attached hydrogens (tertiary/aromatic N) is 10. The van der Waals surface area contributed by atoms with E-state index >= 15 is 0 Å². The van der Waals surface area contributed by atoms with Crippen LogP contribution in [0.3, 0.4) is 0 Å². The number of H-pyrrole nitrogens is 2. The van der Waals surface area contributed by atoms with Gasteiger partial charge in [-0.05, 0) is 183 Å². The zero-order chi connectivity index (χ0) is 63.3. The number of amides is 4. The minimum Gasteiger partial charge on any atom is -0.870 e. The Bertz CT molecular complexity index is 3210. The molecule has 2 saturated carbocycles. The summed E-state index contributed by atoms with van der Waals surface area (Å²) in [5.41, 5.74) is 4.13. The number of aromatic amines is 2. The Balaban J connectivity index is 0.000000250. The number of benzene rings is 4. The van der Waals surface area contributed by atoms with E-state index in [1.807, 2.05) is 58.3 Å². The molecule has 90 heavy (non-hydrogen) atoms. The van der Waals surface area contributed by atoms with Crippen molar-refractivity contribution >= 4 is 81.5 Å². The van der Waals surface area contributed by atoms with Crippen LogP contribution in [0, 0.1) is 34.5 Å². The van der Waals surface area contributed by atoms with Gasteiger partial charge < -0.3 is 25.9 Å². The summed E-state index contributed by atoms with van der Waals surface area (Å²) in [6, 6.07) is 25.1. The topological polar surface area (TPSA) is 262 Å². The maximum Gasteiger partial charge on any atom is 1.00 e. The van der Waals surface area contributed by atoms with Gasteiger partial charge in [0.1, 0.15) is 22.7 Å². The van der Waals surface area contributed by atoms with Gasteiger partial charge in [0.25, 0.3) is 23.6 Å². The summed E-state index contributed by atoms with van der Waals surface area (Å²) in [7, 11) is 0. The maximum atomic E-state index is 14.5. The number of tetrazole rings is 2. The van der Waals surface area contributed by atoms with Crippen LogP contribution in [0.1, 0.15) is 213 Å². The average molecular weight is 1330 g/mol. The molecule has 4 aliphatic rings. The standard InChI is InChI=1S/2C33H41Cl2N7O2.K.H2O/c2*1-20(2)6-11-27(21-7-9-22(10-8-21)30(43)36-19-28-38-40-41-39-28)42-31(44)29(23-16-25(34)18-26(35)17-23)37-33(42)14-12-24(13-15-33)32(3,4)5;;/h2*7-10,16-18,20,24,27H,6,11-15,19H2,1-5H3,(H,36,43)(H,38,39,40,41);;1H2/q;;+1;/p-1/t2*24?,27-,33?;;/m11../s1. The molecule has 0 unspecified atom stereocenters. The summed E-state index contributed by atoms with van der Waals surface area (Å²) >= 11 is 25.5. The number of carbonyl (C=O) groups excluding carboxylic acids is 4. The van der Waals surface area contributed by atoms with Crippen molar-refractivity contribution in [1.82, 2.24) is 61.7 Å². The van der Waals surface area contributed by atoms with Crippen LogP contribution in [0.2, 0.25) is 20.1 Å². The van der Waals surface area contributed by atoms with E-state index in [4.69, 9.17) is 56.4 Å². The summed E-state index contributed by atoms with van der Waals surface area (Å²) in [5.74, 6) is 2.11. The van der Waals surface area contributed by atoms with Gasteiger partial charge in [0.05, 0.1) is 25.2 Å². The number of aromatic nitrogens is 8. The molecule has 0 radical (unpaired) electrons. The molecule has 6 aromatic rings. The minimum absolute atomic E-state index is 0. The zero-order valence-electron chi connectivity index (χ0n) is 53.5. The number of aliphatic imine (C=N–C) groups is 2. The van der Waals surface area contributed by atoms with Gasteiger partial charge in [0.15, 0.2) is 11.6 Å². The van der Waals surface area contributed by atoms with Gasteiger partial charge in [-0.3, -0.25) is 29.2 Å². The first-order valence-electron chi connectivity index (χ1n) is 30.7. The number of carbonyl (C=O) groups is 4. The largest absolute Gasteiger partial charge is 1.00 e. The molecular formula is C66H83Cl4KN14O5. The molecule has 2 spiro atoms. The van der Waals surface area contributed by atoms with Gasteiger partial charge in [-0.1, -0.05) is 150 Å². The van der Waals surface area contributed by atoms with E-state index in [1.54, 1.807) is 36.4 Å². The Morgan fingerprint density at radius 3 is 1.14 bits per heavy atom. The van der Waals surface area contributed by atoms with Crippen LogP contribution < -0.4 is 62.0 Å². The molecule has 4 amide bonds. The second-order valence-electron chi connectivity index (χ2n) is 27.1. The average Bonchev–Trinajstić information content (AvgIpc) is 1.57. The van der Waals surface area contributed by atoms with E-state index < -0.39 is 11.3 Å². The van der Waals surface area contributed by atoms with Crippen molar-refractivity contribution in [2.75, 3.05) is 0 Å². The molecule has 10 rings (SSSR count). The Morgan fingerprint density at radius 1 is 0.544 bits per heavy atom. The fourth-order valence-electron chi connectivity index (χ4n) is 13.1. The van der Waals surface area contributed by atoms with Crippen LogP contribution in [0.15, 0.2) is 94.9 Å². The van der Waals surface area contributed by atoms with Crippen molar-refractivity contribution < 1.29 is 76.0 Å². The summed E-state index contributed by atoms with van der Waals surface area (Å²) in [6.07, 6.45) is 10.5. The monoisotopic (exact) mass is 1330 g/mol. The summed E-state index contributed by atoms with van der Waals surface area (Å²) < 4.78 is 0. The predicted octanol–water partition coefficient (Wildman–Crippen LogP) is 11.2. The summed E-state index contributed by atoms with van der Waals surface area (Å²) in [6.45, 7) is 22.9. The molecule has 2 fully saturated rings. The van der Waals surface area contributed by atoms with E-state index in [0.717, 1.165) is 88.2 Å². The van der Waals surface area contributed by atoms with Crippen molar-refractivity contribution in [1.29, 1.82) is 0 Å². The van der Waals surface area contributed by atoms with E-state index in [-0.39, 0.29) is 116 Å². The number of halogens is 4. The Kier molecular flexibility index (Phi) is 24.8. The van der Waals surface area contributed by atoms with Crippen molar-refractivity contribution in [3.63, 3.8) is 0 Å². The fourth-order valence-corrected chi connectivity index (χ4v) is 14.1. The predicted molar refractivity (Wildman–Crippen MR) is 347 cm³/mol. The second-order valence-corrected chi connectivity index (χ2v) is 28.8. The minimum atomic E-state index is -0.661. The van der Waals surface area contributed by atoms with Crippen LogP contribution >= 0.6 is 46.4 Å². The quantitative estimate of drug-likeness (QED) is 0.0588. The van der Waals surface area contributed by atoms with Gasteiger partial charge >= 0.3 is 51.4 Å². The van der Waals surface area contributed by atoms with Crippen LogP contribution in [0.25, 0.3) is 0 Å². The number of rotatable bonds is 18. The molecule has 24 heteroatoms. The molecule has 2 aliphatic heterocycles. The SMILES string of the molecule is CC(C)CC[C@H](c1ccc(C(=O)NCc2nn[nH]n2)cc1)N1C(=O)C(c2cc(Cl)cc(Cl)c2)=NC12CCC(C(C)(C)C)CC2.CC(C)CC[C@H](c1ccc(C(=O)NCc2nn[nH]n2)cc1)N1C(=O)C(c2cc(Cl)cc(Cl)c2)=NC12CCC(C(C)(C)C)CC2.[K+].[OH-]. The number of hydrogen-bond acceptors (Lipinski definition) is 13. The van der Waals surface area contributed by atoms with Gasteiger partial charge in [0, 0.05) is 42.3 Å². The van der Waals surface area contributed by atoms with Gasteiger partial charge in [0.2, 0.25) is 0 Å². The van der Waals surface area contributed by atoms with Crippen molar-refractivity contribution in [3.05, 3.63) is 150 Å². The first-order chi connectivity index (χ1) is 41.7. The molecule has 0 saturated heterocycles. The Hall–Kier alpha value is -5.00. The van der Waals surface area contributed by atoms with Crippen molar-refractivity contribution in [3.8, 4) is 0 Å². The van der Waals surface area contributed by atoms with Crippen LogP contribution in [-0.2, 0) is 22.7 Å². The third-order valence-electron chi connectivity index (χ3n) is 18.0. The zero-order valence-corrected chi connectivity index (χ0v) is 59.7. The molecule has 4 aromatic carbocycles. The molecule has 2 aromatic heterocycles. The summed E-state index contributed by atoms with van der Waals surface area (Å²) in [5, 5.41) is 34.8. The molecule has 19 nitrogen and oxygen atoms in total. The van der Waals surface area contributed by atoms with Gasteiger partial charge in [-0.2, -0.15) is 10.4 Å². The third kappa shape index (κ3) is 17.4. The van der Waals surface area contributed by atoms with Crippen LogP contribution in [0.4, 0.5) is 0 Å². The molecule has 0 bridgehead atoms. The third-order valence-corrected chi connectivity index (χ3v) is 18.9. The first kappa shape index (κ1) is 72.4. The number of hydrogen-bond donors (Lipinski definition) is 4. The van der Waals surface area contributed by atoms with Crippen molar-refractivity contribution in [2.45, 2.75) is 183 Å². The molecule has 2 aliphatic carbocycles. The molecule has 5 N–H and O–H groups in total. The van der Waals surface area contributed by atoms with Crippen molar-refractivity contribution in [2.24, 2.45) is 44.5 Å². The summed E-state index contributed by atoms with van der Waals surface area (Å²) in [4.78, 5) is 69.4. The Labute approximate surface area is 591 Å². The smallest absolute Gasteiger partial charge is 0.870 e. The van der Waals surface area contributed by atoms with Gasteiger partial charge in [-0.25, -0.2) is 0 Å². The molecular weight excluding hydrogens is 1250 g/mol. The Morgan fingerprint density at radius 2 is 0.867 bits per heavy atom. The van der Waals surface area contributed by atoms with E-state index in [0.29, 0.717) is 89.1 Å². The van der Waals surface area contributed by atoms with Gasteiger partial charge in [-0.15, -0.1) is 20.4 Å². The fraction of sp³-hybridized carbons (Fsp3) is 0.515. The van der Waals surface area contributed by atoms with E-state index in [1.165, 1.54) is 0 Å². The normalized spacial score (nSPS) is 20.7. The first-order valence-corrected chi connectivity index (χ1v) is 32.2. The van der Waals surface area contributed by atoms with Crippen LogP contribution in [0.5, 0.6) is 0 Å². The van der Waals surface area contributed by atoms with Crippen LogP contribution in [-0.4, -0.2) is 103 Å². The maximum absolute atomic E-state index is 14.5. The molecule has 2 atom stereocenters. The second kappa shape index (κ2) is 30.8. The molecule has 4 heterocycles. The van der Waals surface area contributed by atoms with E-state index in [9.17, 15) is 19.2 Å². The number of nitrogens with one attached hydrogen (secondary N) is 4.